The zero-order valence-corrected chi connectivity index (χ0v) is 16.9. The number of likely N-dealkylation sites (tertiary alicyclic amines) is 1. The molecule has 1 saturated heterocycles. The molecule has 0 spiro atoms. The number of hydrogen-bond acceptors (Lipinski definition) is 3. The number of carbonyl (C=O) groups is 1. The van der Waals surface area contributed by atoms with Gasteiger partial charge in [-0.05, 0) is 37.5 Å². The van der Waals surface area contributed by atoms with Crippen LogP contribution in [0.4, 0.5) is 0 Å². The summed E-state index contributed by atoms with van der Waals surface area (Å²) in [6.45, 7) is 3.50. The number of para-hydroxylation sites is 2. The normalized spacial score (nSPS) is 15.2. The van der Waals surface area contributed by atoms with Crippen LogP contribution in [0.5, 0.6) is 0 Å². The molecule has 28 heavy (non-hydrogen) atoms. The Hall–Kier alpha value is -2.47. The van der Waals surface area contributed by atoms with Crippen LogP contribution < -0.4 is 5.69 Å². The molecule has 1 aliphatic heterocycles. The zero-order valence-electron chi connectivity index (χ0n) is 16.1. The Bertz CT molecular complexity index is 1030. The summed E-state index contributed by atoms with van der Waals surface area (Å²) in [6.07, 6.45) is 1.63. The van der Waals surface area contributed by atoms with Crippen LogP contribution in [0.25, 0.3) is 11.0 Å². The SMILES string of the molecule is Cc1cccc(CSCC(=O)N2CCC(n3c(=O)[nH]c4ccccc43)CC2)c1. The third-order valence-electron chi connectivity index (χ3n) is 5.38. The maximum absolute atomic E-state index is 12.6. The van der Waals surface area contributed by atoms with Crippen LogP contribution in [0, 0.1) is 6.92 Å². The van der Waals surface area contributed by atoms with E-state index < -0.39 is 0 Å². The van der Waals surface area contributed by atoms with Gasteiger partial charge in [0.25, 0.3) is 0 Å². The molecule has 0 bridgehead atoms. The zero-order chi connectivity index (χ0) is 19.5. The van der Waals surface area contributed by atoms with Gasteiger partial charge >= 0.3 is 5.69 Å². The highest BCUT2D eigenvalue weighted by Crippen LogP contribution is 2.25. The number of thioether (sulfide) groups is 1. The van der Waals surface area contributed by atoms with Gasteiger partial charge < -0.3 is 9.88 Å². The highest BCUT2D eigenvalue weighted by molar-refractivity contribution is 7.99. The van der Waals surface area contributed by atoms with Crippen LogP contribution >= 0.6 is 11.8 Å². The van der Waals surface area contributed by atoms with Crippen LogP contribution in [-0.4, -0.2) is 39.2 Å². The Balaban J connectivity index is 1.31. The number of benzene rings is 2. The van der Waals surface area contributed by atoms with E-state index in [9.17, 15) is 9.59 Å². The standard InChI is InChI=1S/C22H25N3O2S/c1-16-5-4-6-17(13-16)14-28-15-21(26)24-11-9-18(10-12-24)25-20-8-3-2-7-19(20)23-22(25)27/h2-8,13,18H,9-12,14-15H2,1H3,(H,23,27). The van der Waals surface area contributed by atoms with Crippen LogP contribution in [0.3, 0.4) is 0 Å². The molecule has 0 atom stereocenters. The predicted molar refractivity (Wildman–Crippen MR) is 115 cm³/mol. The minimum Gasteiger partial charge on any atom is -0.342 e. The van der Waals surface area contributed by atoms with E-state index in [1.54, 1.807) is 11.8 Å². The maximum atomic E-state index is 12.6. The second-order valence-electron chi connectivity index (χ2n) is 7.41. The molecule has 1 aliphatic rings. The largest absolute Gasteiger partial charge is 0.342 e. The van der Waals surface area contributed by atoms with Crippen molar-refractivity contribution in [1.29, 1.82) is 0 Å². The van der Waals surface area contributed by atoms with Gasteiger partial charge in [-0.1, -0.05) is 42.0 Å². The third-order valence-corrected chi connectivity index (χ3v) is 6.37. The summed E-state index contributed by atoms with van der Waals surface area (Å²) < 4.78 is 1.86. The number of nitrogens with one attached hydrogen (secondary N) is 1. The molecule has 0 saturated carbocycles. The van der Waals surface area contributed by atoms with E-state index in [0.717, 1.165) is 29.6 Å². The summed E-state index contributed by atoms with van der Waals surface area (Å²) in [4.78, 5) is 29.8. The van der Waals surface area contributed by atoms with E-state index in [2.05, 4.69) is 36.2 Å². The van der Waals surface area contributed by atoms with Crippen molar-refractivity contribution in [3.05, 3.63) is 70.1 Å². The summed E-state index contributed by atoms with van der Waals surface area (Å²) in [5.41, 5.74) is 4.28. The fourth-order valence-corrected chi connectivity index (χ4v) is 4.83. The molecule has 3 aromatic rings. The molecular weight excluding hydrogens is 370 g/mol. The first kappa shape index (κ1) is 18.9. The van der Waals surface area contributed by atoms with Crippen molar-refractivity contribution >= 4 is 28.7 Å². The molecule has 1 N–H and O–H groups in total. The van der Waals surface area contributed by atoms with Gasteiger partial charge in [-0.3, -0.25) is 9.36 Å². The lowest BCUT2D eigenvalue weighted by Crippen LogP contribution is -2.41. The van der Waals surface area contributed by atoms with Gasteiger partial charge in [0.1, 0.15) is 0 Å². The first-order valence-corrected chi connectivity index (χ1v) is 10.9. The van der Waals surface area contributed by atoms with Gasteiger partial charge in [0.05, 0.1) is 16.8 Å². The summed E-state index contributed by atoms with van der Waals surface area (Å²) in [5, 5.41) is 0. The lowest BCUT2D eigenvalue weighted by molar-refractivity contribution is -0.129. The molecule has 1 aromatic heterocycles. The number of aromatic amines is 1. The number of nitrogens with zero attached hydrogens (tertiary/aromatic N) is 2. The molecule has 0 radical (unpaired) electrons. The Kier molecular flexibility index (Phi) is 5.57. The predicted octanol–water partition coefficient (Wildman–Crippen LogP) is 3.73. The molecule has 6 heteroatoms. The van der Waals surface area contributed by atoms with Crippen molar-refractivity contribution in [1.82, 2.24) is 14.5 Å². The summed E-state index contributed by atoms with van der Waals surface area (Å²) >= 11 is 1.67. The number of H-pyrrole nitrogens is 1. The Morgan fingerprint density at radius 3 is 2.71 bits per heavy atom. The lowest BCUT2D eigenvalue weighted by atomic mass is 10.0. The fourth-order valence-electron chi connectivity index (χ4n) is 3.96. The molecule has 2 aromatic carbocycles. The minimum absolute atomic E-state index is 0.0558. The summed E-state index contributed by atoms with van der Waals surface area (Å²) in [5.74, 6) is 1.56. The first-order valence-electron chi connectivity index (χ1n) is 9.72. The molecule has 0 unspecified atom stereocenters. The van der Waals surface area contributed by atoms with Crippen molar-refractivity contribution < 1.29 is 4.79 Å². The number of piperidine rings is 1. The van der Waals surface area contributed by atoms with Gasteiger partial charge in [0, 0.05) is 24.9 Å². The number of imidazole rings is 1. The number of carbonyl (C=O) groups excluding carboxylic acids is 1. The Labute approximate surface area is 168 Å². The van der Waals surface area contributed by atoms with Gasteiger partial charge in [-0.2, -0.15) is 0 Å². The number of aromatic nitrogens is 2. The molecule has 0 aliphatic carbocycles. The Morgan fingerprint density at radius 2 is 1.93 bits per heavy atom. The molecule has 5 nitrogen and oxygen atoms in total. The smallest absolute Gasteiger partial charge is 0.326 e. The van der Waals surface area contributed by atoms with E-state index in [1.807, 2.05) is 33.7 Å². The van der Waals surface area contributed by atoms with E-state index in [1.165, 1.54) is 11.1 Å². The average molecular weight is 396 g/mol. The monoisotopic (exact) mass is 395 g/mol. The highest BCUT2D eigenvalue weighted by Gasteiger charge is 2.25. The second-order valence-corrected chi connectivity index (χ2v) is 8.40. The summed E-state index contributed by atoms with van der Waals surface area (Å²) in [7, 11) is 0. The maximum Gasteiger partial charge on any atom is 0.326 e. The molecular formula is C22H25N3O2S. The molecule has 1 amide bonds. The number of fused-ring (bicyclic) bond motifs is 1. The molecule has 1 fully saturated rings. The van der Waals surface area contributed by atoms with Gasteiger partial charge in [-0.15, -0.1) is 11.8 Å². The second kappa shape index (κ2) is 8.27. The van der Waals surface area contributed by atoms with Crippen molar-refractivity contribution in [2.75, 3.05) is 18.8 Å². The quantitative estimate of drug-likeness (QED) is 0.716. The van der Waals surface area contributed by atoms with Gasteiger partial charge in [0.15, 0.2) is 0 Å². The fraction of sp³-hybridized carbons (Fsp3) is 0.364. The number of aryl methyl sites for hydroxylation is 1. The van der Waals surface area contributed by atoms with Gasteiger partial charge in [-0.25, -0.2) is 4.79 Å². The number of hydrogen-bond donors (Lipinski definition) is 1. The van der Waals surface area contributed by atoms with E-state index in [0.29, 0.717) is 18.8 Å². The molecule has 4 rings (SSSR count). The van der Waals surface area contributed by atoms with Crippen molar-refractivity contribution in [2.45, 2.75) is 31.6 Å². The molecule has 2 heterocycles. The topological polar surface area (TPSA) is 58.1 Å². The van der Waals surface area contributed by atoms with Crippen molar-refractivity contribution in [3.63, 3.8) is 0 Å². The Morgan fingerprint density at radius 1 is 1.14 bits per heavy atom. The first-order chi connectivity index (χ1) is 13.6. The third kappa shape index (κ3) is 4.02. The van der Waals surface area contributed by atoms with E-state index >= 15 is 0 Å². The van der Waals surface area contributed by atoms with Crippen LogP contribution in [0.15, 0.2) is 53.3 Å². The molecule has 146 valence electrons. The van der Waals surface area contributed by atoms with Crippen molar-refractivity contribution in [3.8, 4) is 0 Å². The van der Waals surface area contributed by atoms with Gasteiger partial charge in [0.2, 0.25) is 5.91 Å². The van der Waals surface area contributed by atoms with E-state index in [-0.39, 0.29) is 17.6 Å². The average Bonchev–Trinajstić information content (AvgIpc) is 3.04. The van der Waals surface area contributed by atoms with Crippen LogP contribution in [0.2, 0.25) is 0 Å². The highest BCUT2D eigenvalue weighted by atomic mass is 32.2. The minimum atomic E-state index is -0.0558. The lowest BCUT2D eigenvalue weighted by Gasteiger charge is -2.32. The van der Waals surface area contributed by atoms with Crippen LogP contribution in [-0.2, 0) is 10.5 Å². The van der Waals surface area contributed by atoms with Crippen molar-refractivity contribution in [2.24, 2.45) is 0 Å². The van der Waals surface area contributed by atoms with Crippen LogP contribution in [0.1, 0.15) is 30.0 Å². The number of amides is 1. The van der Waals surface area contributed by atoms with E-state index in [4.69, 9.17) is 0 Å². The number of rotatable bonds is 5. The summed E-state index contributed by atoms with van der Waals surface area (Å²) in [6, 6.07) is 16.4.